The Balaban J connectivity index is 2.30. The smallest absolute Gasteiger partial charge is 0.222 e. The summed E-state index contributed by atoms with van der Waals surface area (Å²) in [5, 5.41) is 1.89. The van der Waals surface area contributed by atoms with E-state index in [1.807, 2.05) is 12.0 Å². The van der Waals surface area contributed by atoms with Crippen molar-refractivity contribution < 1.29 is 4.84 Å². The fourth-order valence-electron chi connectivity index (χ4n) is 2.25. The van der Waals surface area contributed by atoms with Crippen LogP contribution in [-0.4, -0.2) is 47.7 Å². The molecule has 2 aliphatic rings. The van der Waals surface area contributed by atoms with Crippen LogP contribution in [0.3, 0.4) is 0 Å². The molecule has 0 aromatic rings. The van der Waals surface area contributed by atoms with Crippen LogP contribution in [0.15, 0.2) is 17.1 Å². The van der Waals surface area contributed by atoms with E-state index in [1.165, 1.54) is 0 Å². The van der Waals surface area contributed by atoms with Gasteiger partial charge in [-0.2, -0.15) is 0 Å². The number of hydrogen-bond acceptors (Lipinski definition) is 4. The molecule has 1 fully saturated rings. The van der Waals surface area contributed by atoms with Crippen molar-refractivity contribution in [3.8, 4) is 0 Å². The van der Waals surface area contributed by atoms with Gasteiger partial charge >= 0.3 is 0 Å². The lowest BCUT2D eigenvalue weighted by Gasteiger charge is -2.33. The Labute approximate surface area is 97.5 Å². The van der Waals surface area contributed by atoms with Gasteiger partial charge in [0.2, 0.25) is 5.96 Å². The molecule has 1 saturated heterocycles. The van der Waals surface area contributed by atoms with Crippen LogP contribution in [-0.2, 0) is 4.84 Å². The lowest BCUT2D eigenvalue weighted by atomic mass is 10.0. The fourth-order valence-corrected chi connectivity index (χ4v) is 2.25. The second-order valence-corrected chi connectivity index (χ2v) is 5.29. The molecule has 0 spiro atoms. The molecule has 90 valence electrons. The predicted octanol–water partition coefficient (Wildman–Crippen LogP) is 1.65. The molecule has 2 rings (SSSR count). The van der Waals surface area contributed by atoms with Crippen LogP contribution in [0.25, 0.3) is 0 Å². The summed E-state index contributed by atoms with van der Waals surface area (Å²) < 4.78 is 0. The van der Waals surface area contributed by atoms with Gasteiger partial charge in [0.15, 0.2) is 0 Å². The largest absolute Gasteiger partial charge is 0.338 e. The molecule has 4 nitrogen and oxygen atoms in total. The van der Waals surface area contributed by atoms with Crippen molar-refractivity contribution in [2.24, 2.45) is 4.99 Å². The maximum absolute atomic E-state index is 5.45. The van der Waals surface area contributed by atoms with Crippen molar-refractivity contribution in [3.05, 3.63) is 12.2 Å². The van der Waals surface area contributed by atoms with Gasteiger partial charge in [0.25, 0.3) is 0 Å². The summed E-state index contributed by atoms with van der Waals surface area (Å²) in [5.74, 6) is 0.965. The number of hydroxylamine groups is 2. The van der Waals surface area contributed by atoms with E-state index in [4.69, 9.17) is 9.83 Å². The summed E-state index contributed by atoms with van der Waals surface area (Å²) in [5.41, 5.74) is 1.14. The normalized spacial score (nSPS) is 27.8. The Hall–Kier alpha value is -1.03. The van der Waals surface area contributed by atoms with Gasteiger partial charge in [0.1, 0.15) is 0 Å². The third-order valence-corrected chi connectivity index (χ3v) is 3.32. The van der Waals surface area contributed by atoms with Crippen molar-refractivity contribution in [2.45, 2.75) is 38.8 Å². The summed E-state index contributed by atoms with van der Waals surface area (Å²) >= 11 is 0. The first-order valence-corrected chi connectivity index (χ1v) is 5.78. The SMILES string of the molecule is C=C(C)[C@@H]1CN2CCC(C)(C)N=C2N1OC. The van der Waals surface area contributed by atoms with Crippen LogP contribution in [0.5, 0.6) is 0 Å². The highest BCUT2D eigenvalue weighted by Gasteiger charge is 2.40. The van der Waals surface area contributed by atoms with Gasteiger partial charge in [0, 0.05) is 13.1 Å². The molecule has 0 aromatic heterocycles. The topological polar surface area (TPSA) is 28.1 Å². The number of rotatable bonds is 2. The minimum Gasteiger partial charge on any atom is -0.338 e. The predicted molar refractivity (Wildman–Crippen MR) is 65.2 cm³/mol. The number of fused-ring (bicyclic) bond motifs is 1. The molecule has 2 aliphatic heterocycles. The van der Waals surface area contributed by atoms with Crippen LogP contribution in [0.1, 0.15) is 27.2 Å². The standard InChI is InChI=1S/C12H21N3O/c1-9(2)10-8-14-7-6-12(3,4)13-11(14)15(10)16-5/h10H,1,6-8H2,2-5H3/t10-/m0/s1. The average Bonchev–Trinajstić information content (AvgIpc) is 2.53. The Kier molecular flexibility index (Phi) is 2.70. The monoisotopic (exact) mass is 223 g/mol. The van der Waals surface area contributed by atoms with E-state index in [-0.39, 0.29) is 11.6 Å². The molecule has 4 heteroatoms. The Morgan fingerprint density at radius 1 is 1.56 bits per heavy atom. The molecule has 16 heavy (non-hydrogen) atoms. The summed E-state index contributed by atoms with van der Waals surface area (Å²) in [4.78, 5) is 12.5. The molecule has 0 bridgehead atoms. The fraction of sp³-hybridized carbons (Fsp3) is 0.750. The molecule has 0 unspecified atom stereocenters. The molecular formula is C12H21N3O. The van der Waals surface area contributed by atoms with E-state index in [1.54, 1.807) is 7.11 Å². The number of guanidine groups is 1. The lowest BCUT2D eigenvalue weighted by molar-refractivity contribution is -0.0766. The first-order chi connectivity index (χ1) is 7.44. The highest BCUT2D eigenvalue weighted by Crippen LogP contribution is 2.29. The number of hydrogen-bond donors (Lipinski definition) is 0. The van der Waals surface area contributed by atoms with Crippen LogP contribution in [0, 0.1) is 0 Å². The van der Waals surface area contributed by atoms with Crippen LogP contribution in [0.4, 0.5) is 0 Å². The van der Waals surface area contributed by atoms with E-state index in [0.717, 1.165) is 31.0 Å². The molecule has 1 atom stereocenters. The highest BCUT2D eigenvalue weighted by molar-refractivity contribution is 5.83. The van der Waals surface area contributed by atoms with E-state index in [9.17, 15) is 0 Å². The minimum absolute atomic E-state index is 0.0204. The number of aliphatic imine (C=N–C) groups is 1. The quantitative estimate of drug-likeness (QED) is 0.666. The van der Waals surface area contributed by atoms with Gasteiger partial charge in [-0.3, -0.25) is 4.84 Å². The maximum atomic E-state index is 5.45. The minimum atomic E-state index is 0.0204. The molecule has 0 aromatic carbocycles. The zero-order chi connectivity index (χ0) is 11.9. The first kappa shape index (κ1) is 11.5. The summed E-state index contributed by atoms with van der Waals surface area (Å²) in [6.07, 6.45) is 1.09. The summed E-state index contributed by atoms with van der Waals surface area (Å²) in [7, 11) is 1.70. The molecular weight excluding hydrogens is 202 g/mol. The van der Waals surface area contributed by atoms with Gasteiger partial charge < -0.3 is 4.90 Å². The molecule has 0 radical (unpaired) electrons. The first-order valence-electron chi connectivity index (χ1n) is 5.78. The maximum Gasteiger partial charge on any atom is 0.222 e. The molecule has 0 saturated carbocycles. The Morgan fingerprint density at radius 2 is 2.25 bits per heavy atom. The van der Waals surface area contributed by atoms with Crippen LogP contribution >= 0.6 is 0 Å². The highest BCUT2D eigenvalue weighted by atomic mass is 16.7. The average molecular weight is 223 g/mol. The number of nitrogens with zero attached hydrogens (tertiary/aromatic N) is 3. The zero-order valence-electron chi connectivity index (χ0n) is 10.7. The van der Waals surface area contributed by atoms with Crippen molar-refractivity contribution in [1.82, 2.24) is 9.96 Å². The molecule has 0 amide bonds. The third kappa shape index (κ3) is 1.82. The van der Waals surface area contributed by atoms with Crippen molar-refractivity contribution in [2.75, 3.05) is 20.2 Å². The third-order valence-electron chi connectivity index (χ3n) is 3.32. The lowest BCUT2D eigenvalue weighted by Crippen LogP contribution is -2.43. The van der Waals surface area contributed by atoms with Crippen LogP contribution in [0.2, 0.25) is 0 Å². The van der Waals surface area contributed by atoms with E-state index < -0.39 is 0 Å². The van der Waals surface area contributed by atoms with Gasteiger partial charge in [-0.05, 0) is 27.2 Å². The molecule has 0 aliphatic carbocycles. The van der Waals surface area contributed by atoms with Crippen LogP contribution < -0.4 is 0 Å². The van der Waals surface area contributed by atoms with E-state index >= 15 is 0 Å². The summed E-state index contributed by atoms with van der Waals surface area (Å²) in [6.45, 7) is 12.4. The van der Waals surface area contributed by atoms with Gasteiger partial charge in [-0.25, -0.2) is 10.1 Å². The second kappa shape index (κ2) is 3.77. The van der Waals surface area contributed by atoms with Crippen molar-refractivity contribution in [3.63, 3.8) is 0 Å². The molecule has 2 heterocycles. The van der Waals surface area contributed by atoms with Crippen molar-refractivity contribution in [1.29, 1.82) is 0 Å². The molecule has 0 N–H and O–H groups in total. The Morgan fingerprint density at radius 3 is 2.81 bits per heavy atom. The zero-order valence-corrected chi connectivity index (χ0v) is 10.7. The Bertz CT molecular complexity index is 335. The second-order valence-electron chi connectivity index (χ2n) is 5.29. The van der Waals surface area contributed by atoms with E-state index in [0.29, 0.717) is 0 Å². The van der Waals surface area contributed by atoms with Gasteiger partial charge in [-0.1, -0.05) is 12.2 Å². The summed E-state index contributed by atoms with van der Waals surface area (Å²) in [6, 6.07) is 0.234. The van der Waals surface area contributed by atoms with Gasteiger partial charge in [-0.15, -0.1) is 0 Å². The van der Waals surface area contributed by atoms with Crippen molar-refractivity contribution >= 4 is 5.96 Å². The van der Waals surface area contributed by atoms with Gasteiger partial charge in [0.05, 0.1) is 18.7 Å². The van der Waals surface area contributed by atoms with E-state index in [2.05, 4.69) is 25.3 Å².